The minimum atomic E-state index is -1.00. The Kier molecular flexibility index (Phi) is 5.07. The fraction of sp³-hybridized carbons (Fsp3) is 0.286. The fourth-order valence-electron chi connectivity index (χ4n) is 3.46. The van der Waals surface area contributed by atoms with Gasteiger partial charge in [-0.2, -0.15) is 0 Å². The van der Waals surface area contributed by atoms with Gasteiger partial charge in [0.15, 0.2) is 11.5 Å². The number of nitrogens with one attached hydrogen (secondary N) is 1. The molecule has 2 N–H and O–H groups in total. The molecular weight excluding hydrogens is 376 g/mol. The van der Waals surface area contributed by atoms with Gasteiger partial charge >= 0.3 is 5.97 Å². The predicted molar refractivity (Wildman–Crippen MR) is 103 cm³/mol. The van der Waals surface area contributed by atoms with Crippen molar-refractivity contribution in [3.8, 4) is 11.5 Å². The number of ether oxygens (including phenoxy) is 2. The summed E-state index contributed by atoms with van der Waals surface area (Å²) in [5, 5.41) is 11.7. The molecule has 0 radical (unpaired) electrons. The summed E-state index contributed by atoms with van der Waals surface area (Å²) < 4.78 is 11.1. The van der Waals surface area contributed by atoms with Crippen molar-refractivity contribution in [2.45, 2.75) is 13.0 Å². The third kappa shape index (κ3) is 3.87. The Morgan fingerprint density at radius 3 is 2.52 bits per heavy atom. The zero-order valence-corrected chi connectivity index (χ0v) is 15.6. The van der Waals surface area contributed by atoms with E-state index >= 15 is 0 Å². The molecule has 150 valence electrons. The van der Waals surface area contributed by atoms with Crippen LogP contribution in [0.4, 0.5) is 5.69 Å². The van der Waals surface area contributed by atoms with E-state index in [-0.39, 0.29) is 23.9 Å². The first-order valence-electron chi connectivity index (χ1n) is 9.34. The Morgan fingerprint density at radius 2 is 1.79 bits per heavy atom. The molecule has 29 heavy (non-hydrogen) atoms. The second-order valence-corrected chi connectivity index (χ2v) is 6.88. The van der Waals surface area contributed by atoms with E-state index in [0.717, 1.165) is 5.56 Å². The highest BCUT2D eigenvalue weighted by molar-refractivity contribution is 6.09. The van der Waals surface area contributed by atoms with Crippen molar-refractivity contribution in [3.05, 3.63) is 53.6 Å². The van der Waals surface area contributed by atoms with Crippen LogP contribution >= 0.6 is 0 Å². The Labute approximate surface area is 167 Å². The van der Waals surface area contributed by atoms with E-state index in [1.807, 2.05) is 0 Å². The SMILES string of the molecule is O=C(O)c1ccc(CNC(=O)C2CCN(c3ccc4c(c3)OCCO4)C2=O)cc1. The van der Waals surface area contributed by atoms with Crippen LogP contribution in [0.15, 0.2) is 42.5 Å². The summed E-state index contributed by atoms with van der Waals surface area (Å²) in [6, 6.07) is 11.6. The maximum absolute atomic E-state index is 12.8. The number of hydrogen-bond acceptors (Lipinski definition) is 5. The van der Waals surface area contributed by atoms with Crippen molar-refractivity contribution in [2.24, 2.45) is 5.92 Å². The monoisotopic (exact) mass is 396 g/mol. The third-order valence-corrected chi connectivity index (χ3v) is 5.03. The molecule has 0 bridgehead atoms. The van der Waals surface area contributed by atoms with Crippen LogP contribution in [-0.4, -0.2) is 42.6 Å². The largest absolute Gasteiger partial charge is 0.486 e. The highest BCUT2D eigenvalue weighted by atomic mass is 16.6. The van der Waals surface area contributed by atoms with Crippen molar-refractivity contribution >= 4 is 23.5 Å². The molecule has 2 aliphatic heterocycles. The number of carbonyl (C=O) groups excluding carboxylic acids is 2. The number of benzene rings is 2. The van der Waals surface area contributed by atoms with Gasteiger partial charge in [-0.15, -0.1) is 0 Å². The van der Waals surface area contributed by atoms with E-state index in [9.17, 15) is 14.4 Å². The normalized spacial score (nSPS) is 17.9. The number of amides is 2. The molecule has 2 amide bonds. The number of hydrogen-bond donors (Lipinski definition) is 2. The van der Waals surface area contributed by atoms with E-state index in [1.54, 1.807) is 35.2 Å². The van der Waals surface area contributed by atoms with Gasteiger partial charge in [0.1, 0.15) is 19.1 Å². The lowest BCUT2D eigenvalue weighted by Crippen LogP contribution is -2.36. The first-order valence-corrected chi connectivity index (χ1v) is 9.34. The second kappa shape index (κ2) is 7.83. The molecule has 1 fully saturated rings. The number of rotatable bonds is 5. The number of carboxylic acids is 1. The van der Waals surface area contributed by atoms with Gasteiger partial charge in [-0.1, -0.05) is 12.1 Å². The van der Waals surface area contributed by atoms with Crippen LogP contribution in [-0.2, 0) is 16.1 Å². The number of aromatic carboxylic acids is 1. The number of carbonyl (C=O) groups is 3. The van der Waals surface area contributed by atoms with Crippen LogP contribution in [0.3, 0.4) is 0 Å². The lowest BCUT2D eigenvalue weighted by molar-refractivity contribution is -0.132. The van der Waals surface area contributed by atoms with Gasteiger partial charge in [0, 0.05) is 24.8 Å². The lowest BCUT2D eigenvalue weighted by atomic mass is 10.1. The van der Waals surface area contributed by atoms with Gasteiger partial charge in [-0.3, -0.25) is 9.59 Å². The van der Waals surface area contributed by atoms with Crippen LogP contribution in [0.1, 0.15) is 22.3 Å². The molecule has 2 heterocycles. The summed E-state index contributed by atoms with van der Waals surface area (Å²) in [6.45, 7) is 1.63. The Morgan fingerprint density at radius 1 is 1.07 bits per heavy atom. The van der Waals surface area contributed by atoms with Crippen molar-refractivity contribution in [1.29, 1.82) is 0 Å². The minimum Gasteiger partial charge on any atom is -0.486 e. The van der Waals surface area contributed by atoms with Crippen molar-refractivity contribution < 1.29 is 29.0 Å². The average molecular weight is 396 g/mol. The molecule has 2 aromatic carbocycles. The lowest BCUT2D eigenvalue weighted by Gasteiger charge is -2.22. The summed E-state index contributed by atoms with van der Waals surface area (Å²) in [5.74, 6) is -1.09. The highest BCUT2D eigenvalue weighted by Gasteiger charge is 2.37. The first kappa shape index (κ1) is 18.8. The van der Waals surface area contributed by atoms with Gasteiger partial charge < -0.3 is 24.8 Å². The number of nitrogens with zero attached hydrogens (tertiary/aromatic N) is 1. The third-order valence-electron chi connectivity index (χ3n) is 5.03. The molecule has 0 aliphatic carbocycles. The maximum atomic E-state index is 12.8. The van der Waals surface area contributed by atoms with Crippen LogP contribution in [0, 0.1) is 5.92 Å². The molecule has 0 saturated carbocycles. The van der Waals surface area contributed by atoms with Gasteiger partial charge in [-0.25, -0.2) is 4.79 Å². The molecular formula is C21H20N2O6. The Hall–Kier alpha value is -3.55. The van der Waals surface area contributed by atoms with Crippen LogP contribution < -0.4 is 19.7 Å². The van der Waals surface area contributed by atoms with Crippen molar-refractivity contribution in [2.75, 3.05) is 24.7 Å². The van der Waals surface area contributed by atoms with Crippen LogP contribution in [0.25, 0.3) is 0 Å². The van der Waals surface area contributed by atoms with E-state index in [2.05, 4.69) is 5.32 Å². The molecule has 2 aromatic rings. The summed E-state index contributed by atoms with van der Waals surface area (Å²) >= 11 is 0. The fourth-order valence-corrected chi connectivity index (χ4v) is 3.46. The van der Waals surface area contributed by atoms with E-state index in [0.29, 0.717) is 43.4 Å². The van der Waals surface area contributed by atoms with E-state index in [4.69, 9.17) is 14.6 Å². The first-order chi connectivity index (χ1) is 14.0. The molecule has 4 rings (SSSR count). The standard InChI is InChI=1S/C21H20N2O6/c24-19(22-12-13-1-3-14(4-2-13)21(26)27)16-7-8-23(20(16)25)15-5-6-17-18(11-15)29-10-9-28-17/h1-6,11,16H,7-10,12H2,(H,22,24)(H,26,27). The topological polar surface area (TPSA) is 105 Å². The predicted octanol–water partition coefficient (Wildman–Crippen LogP) is 1.83. The van der Waals surface area contributed by atoms with E-state index in [1.165, 1.54) is 12.1 Å². The average Bonchev–Trinajstić information content (AvgIpc) is 3.13. The smallest absolute Gasteiger partial charge is 0.335 e. The minimum absolute atomic E-state index is 0.182. The molecule has 2 aliphatic rings. The number of anilines is 1. The highest BCUT2D eigenvalue weighted by Crippen LogP contribution is 2.36. The Balaban J connectivity index is 1.38. The molecule has 0 aromatic heterocycles. The molecule has 1 atom stereocenters. The number of fused-ring (bicyclic) bond motifs is 1. The van der Waals surface area contributed by atoms with Gasteiger partial charge in [0.05, 0.1) is 5.56 Å². The molecule has 8 nitrogen and oxygen atoms in total. The summed E-state index contributed by atoms with van der Waals surface area (Å²) in [6.07, 6.45) is 0.428. The van der Waals surface area contributed by atoms with Crippen molar-refractivity contribution in [1.82, 2.24) is 5.32 Å². The zero-order chi connectivity index (χ0) is 20.4. The van der Waals surface area contributed by atoms with Crippen LogP contribution in [0.5, 0.6) is 11.5 Å². The van der Waals surface area contributed by atoms with Gasteiger partial charge in [0.2, 0.25) is 11.8 Å². The second-order valence-electron chi connectivity index (χ2n) is 6.88. The van der Waals surface area contributed by atoms with Gasteiger partial charge in [-0.05, 0) is 36.2 Å². The van der Waals surface area contributed by atoms with Crippen LogP contribution in [0.2, 0.25) is 0 Å². The molecule has 0 spiro atoms. The molecule has 1 unspecified atom stereocenters. The quantitative estimate of drug-likeness (QED) is 0.747. The zero-order valence-electron chi connectivity index (χ0n) is 15.6. The van der Waals surface area contributed by atoms with Gasteiger partial charge in [0.25, 0.3) is 0 Å². The number of carboxylic acid groups (broad SMARTS) is 1. The summed E-state index contributed by atoms with van der Waals surface area (Å²) in [5.41, 5.74) is 1.62. The maximum Gasteiger partial charge on any atom is 0.335 e. The van der Waals surface area contributed by atoms with E-state index < -0.39 is 11.9 Å². The van der Waals surface area contributed by atoms with Crippen molar-refractivity contribution in [3.63, 3.8) is 0 Å². The summed E-state index contributed by atoms with van der Waals surface area (Å²) in [4.78, 5) is 37.8. The Bertz CT molecular complexity index is 956. The molecule has 8 heteroatoms. The summed E-state index contributed by atoms with van der Waals surface area (Å²) in [7, 11) is 0. The molecule has 1 saturated heterocycles.